The predicted molar refractivity (Wildman–Crippen MR) is 109 cm³/mol. The quantitative estimate of drug-likeness (QED) is 0.735. The minimum absolute atomic E-state index is 0.274. The standard InChI is InChI=1S/C22H24N4O3/c1-3-26-20-17(13-23-26)16(12-18(24-20)15-7-5-4-6-8-15)21(27)25-10-9-14(2)11-19(25)22(28)29/h4-8,12-14,19H,3,9-11H2,1-2H3,(H,28,29). The molecule has 0 saturated carbocycles. The van der Waals surface area contributed by atoms with Crippen molar-refractivity contribution in [2.24, 2.45) is 5.92 Å². The third-order valence-electron chi connectivity index (χ3n) is 5.62. The van der Waals surface area contributed by atoms with Gasteiger partial charge in [-0.05, 0) is 31.7 Å². The van der Waals surface area contributed by atoms with Gasteiger partial charge in [0, 0.05) is 18.7 Å². The number of likely N-dealkylation sites (tertiary alicyclic amines) is 1. The Morgan fingerprint density at radius 2 is 2.00 bits per heavy atom. The van der Waals surface area contributed by atoms with Gasteiger partial charge in [0.2, 0.25) is 0 Å². The Bertz CT molecular complexity index is 1060. The smallest absolute Gasteiger partial charge is 0.326 e. The maximum Gasteiger partial charge on any atom is 0.326 e. The Morgan fingerprint density at radius 3 is 2.69 bits per heavy atom. The molecule has 0 aliphatic carbocycles. The van der Waals surface area contributed by atoms with Gasteiger partial charge in [-0.25, -0.2) is 14.5 Å². The lowest BCUT2D eigenvalue weighted by Gasteiger charge is -2.36. The molecule has 0 bridgehead atoms. The first-order valence-electron chi connectivity index (χ1n) is 9.95. The highest BCUT2D eigenvalue weighted by atomic mass is 16.4. The van der Waals surface area contributed by atoms with Crippen LogP contribution in [0.25, 0.3) is 22.3 Å². The number of hydrogen-bond donors (Lipinski definition) is 1. The van der Waals surface area contributed by atoms with Crippen LogP contribution in [0.3, 0.4) is 0 Å². The second kappa shape index (κ2) is 7.66. The molecule has 1 aliphatic rings. The van der Waals surface area contributed by atoms with Gasteiger partial charge < -0.3 is 10.0 Å². The summed E-state index contributed by atoms with van der Waals surface area (Å²) in [5.41, 5.74) is 2.66. The van der Waals surface area contributed by atoms with Gasteiger partial charge in [0.25, 0.3) is 5.91 Å². The van der Waals surface area contributed by atoms with E-state index in [2.05, 4.69) is 5.10 Å². The lowest BCUT2D eigenvalue weighted by molar-refractivity contribution is -0.144. The molecule has 3 aromatic rings. The second-order valence-electron chi connectivity index (χ2n) is 7.60. The third kappa shape index (κ3) is 3.48. The maximum absolute atomic E-state index is 13.5. The van der Waals surface area contributed by atoms with E-state index in [9.17, 15) is 14.7 Å². The number of rotatable bonds is 4. The van der Waals surface area contributed by atoms with Gasteiger partial charge in [-0.15, -0.1) is 0 Å². The number of nitrogens with zero attached hydrogens (tertiary/aromatic N) is 4. The fourth-order valence-electron chi connectivity index (χ4n) is 3.99. The summed E-state index contributed by atoms with van der Waals surface area (Å²) in [4.78, 5) is 31.6. The molecule has 7 heteroatoms. The summed E-state index contributed by atoms with van der Waals surface area (Å²) in [6.07, 6.45) is 2.91. The molecule has 0 spiro atoms. The second-order valence-corrected chi connectivity index (χ2v) is 7.60. The number of hydrogen-bond acceptors (Lipinski definition) is 4. The number of piperidine rings is 1. The van der Waals surface area contributed by atoms with E-state index in [0.29, 0.717) is 41.8 Å². The number of aryl methyl sites for hydroxylation is 1. The number of carboxylic acids is 1. The minimum atomic E-state index is -0.956. The van der Waals surface area contributed by atoms with Crippen molar-refractivity contribution in [3.8, 4) is 11.3 Å². The number of carboxylic acid groups (broad SMARTS) is 1. The van der Waals surface area contributed by atoms with Crippen LogP contribution in [-0.4, -0.2) is 49.2 Å². The van der Waals surface area contributed by atoms with Gasteiger partial charge in [0.05, 0.1) is 22.8 Å². The fourth-order valence-corrected chi connectivity index (χ4v) is 3.99. The van der Waals surface area contributed by atoms with E-state index in [0.717, 1.165) is 12.0 Å². The molecule has 2 unspecified atom stereocenters. The number of carbonyl (C=O) groups excluding carboxylic acids is 1. The normalized spacial score (nSPS) is 19.4. The molecule has 1 aliphatic heterocycles. The molecule has 1 aromatic carbocycles. The Labute approximate surface area is 169 Å². The van der Waals surface area contributed by atoms with E-state index in [4.69, 9.17) is 4.98 Å². The van der Waals surface area contributed by atoms with Gasteiger partial charge in [0.15, 0.2) is 5.65 Å². The zero-order valence-corrected chi connectivity index (χ0v) is 16.6. The van der Waals surface area contributed by atoms with Gasteiger partial charge in [-0.3, -0.25) is 4.79 Å². The molecule has 1 amide bonds. The maximum atomic E-state index is 13.5. The molecule has 150 valence electrons. The van der Waals surface area contributed by atoms with Crippen LogP contribution >= 0.6 is 0 Å². The van der Waals surface area contributed by atoms with Crippen molar-refractivity contribution in [1.82, 2.24) is 19.7 Å². The Hall–Kier alpha value is -3.22. The number of aromatic nitrogens is 3. The highest BCUT2D eigenvalue weighted by Gasteiger charge is 2.36. The Balaban J connectivity index is 1.84. The van der Waals surface area contributed by atoms with Crippen molar-refractivity contribution in [1.29, 1.82) is 0 Å². The van der Waals surface area contributed by atoms with Crippen molar-refractivity contribution in [3.05, 3.63) is 48.2 Å². The predicted octanol–water partition coefficient (Wildman–Crippen LogP) is 3.44. The first-order chi connectivity index (χ1) is 14.0. The molecular formula is C22H24N4O3. The first-order valence-corrected chi connectivity index (χ1v) is 9.95. The number of pyridine rings is 1. The Kier molecular flexibility index (Phi) is 5.05. The van der Waals surface area contributed by atoms with E-state index in [-0.39, 0.29) is 11.8 Å². The average Bonchev–Trinajstić information content (AvgIpc) is 3.16. The summed E-state index contributed by atoms with van der Waals surface area (Å²) in [6, 6.07) is 10.6. The van der Waals surface area contributed by atoms with Crippen molar-refractivity contribution in [2.45, 2.75) is 39.3 Å². The van der Waals surface area contributed by atoms with Gasteiger partial charge in [0.1, 0.15) is 6.04 Å². The summed E-state index contributed by atoms with van der Waals surface area (Å²) in [6.45, 7) is 5.06. The average molecular weight is 392 g/mol. The number of carbonyl (C=O) groups is 2. The van der Waals surface area contributed by atoms with Crippen molar-refractivity contribution in [3.63, 3.8) is 0 Å². The van der Waals surface area contributed by atoms with Crippen LogP contribution in [-0.2, 0) is 11.3 Å². The molecule has 1 saturated heterocycles. The molecule has 0 radical (unpaired) electrons. The van der Waals surface area contributed by atoms with Crippen molar-refractivity contribution < 1.29 is 14.7 Å². The number of amides is 1. The molecule has 2 atom stereocenters. The third-order valence-corrected chi connectivity index (χ3v) is 5.62. The number of benzene rings is 1. The van der Waals surface area contributed by atoms with Gasteiger partial charge in [-0.1, -0.05) is 37.3 Å². The van der Waals surface area contributed by atoms with E-state index in [1.165, 1.54) is 4.90 Å². The van der Waals surface area contributed by atoms with E-state index < -0.39 is 12.0 Å². The molecule has 1 fully saturated rings. The van der Waals surface area contributed by atoms with E-state index >= 15 is 0 Å². The largest absolute Gasteiger partial charge is 0.480 e. The highest BCUT2D eigenvalue weighted by Crippen LogP contribution is 2.29. The zero-order valence-electron chi connectivity index (χ0n) is 16.6. The molecular weight excluding hydrogens is 368 g/mol. The topological polar surface area (TPSA) is 88.3 Å². The molecule has 29 heavy (non-hydrogen) atoms. The minimum Gasteiger partial charge on any atom is -0.480 e. The molecule has 2 aromatic heterocycles. The van der Waals surface area contributed by atoms with Crippen LogP contribution in [0.4, 0.5) is 0 Å². The molecule has 7 nitrogen and oxygen atoms in total. The zero-order chi connectivity index (χ0) is 20.5. The van der Waals surface area contributed by atoms with E-state index in [1.54, 1.807) is 16.9 Å². The van der Waals surface area contributed by atoms with Crippen LogP contribution in [0.2, 0.25) is 0 Å². The summed E-state index contributed by atoms with van der Waals surface area (Å²) in [5, 5.41) is 14.7. The summed E-state index contributed by atoms with van der Waals surface area (Å²) >= 11 is 0. The SMILES string of the molecule is CCn1ncc2c(C(=O)N3CCC(C)CC3C(=O)O)cc(-c3ccccc3)nc21. The highest BCUT2D eigenvalue weighted by molar-refractivity contribution is 6.07. The van der Waals surface area contributed by atoms with Crippen molar-refractivity contribution >= 4 is 22.9 Å². The molecule has 4 rings (SSSR count). The summed E-state index contributed by atoms with van der Waals surface area (Å²) in [5.74, 6) is -0.951. The summed E-state index contributed by atoms with van der Waals surface area (Å²) < 4.78 is 1.76. The lowest BCUT2D eigenvalue weighted by Crippen LogP contribution is -2.49. The number of aliphatic carboxylic acids is 1. The first kappa shape index (κ1) is 19.1. The van der Waals surface area contributed by atoms with Crippen LogP contribution in [0.1, 0.15) is 37.0 Å². The lowest BCUT2D eigenvalue weighted by atomic mass is 9.91. The van der Waals surface area contributed by atoms with Crippen LogP contribution in [0.5, 0.6) is 0 Å². The van der Waals surface area contributed by atoms with Crippen LogP contribution in [0.15, 0.2) is 42.6 Å². The molecule has 1 N–H and O–H groups in total. The summed E-state index contributed by atoms with van der Waals surface area (Å²) in [7, 11) is 0. The van der Waals surface area contributed by atoms with E-state index in [1.807, 2.05) is 44.2 Å². The fraction of sp³-hybridized carbons (Fsp3) is 0.364. The Morgan fingerprint density at radius 1 is 1.24 bits per heavy atom. The van der Waals surface area contributed by atoms with Crippen LogP contribution in [0, 0.1) is 5.92 Å². The van der Waals surface area contributed by atoms with Crippen molar-refractivity contribution in [2.75, 3.05) is 6.54 Å². The van der Waals surface area contributed by atoms with Gasteiger partial charge in [-0.2, -0.15) is 5.10 Å². The molecule has 3 heterocycles. The van der Waals surface area contributed by atoms with Gasteiger partial charge >= 0.3 is 5.97 Å². The monoisotopic (exact) mass is 392 g/mol. The van der Waals surface area contributed by atoms with Crippen LogP contribution < -0.4 is 0 Å². The number of fused-ring (bicyclic) bond motifs is 1.